The first-order valence-corrected chi connectivity index (χ1v) is 20.0. The molecule has 4 aromatic rings. The average Bonchev–Trinajstić information content (AvgIpc) is 3.75. The predicted molar refractivity (Wildman–Crippen MR) is 210 cm³/mol. The van der Waals surface area contributed by atoms with E-state index in [-0.39, 0.29) is 18.3 Å². The smallest absolute Gasteiger partial charge is 0.399 e. The first kappa shape index (κ1) is 42.0. The largest absolute Gasteiger partial charge is 0.498 e. The molecule has 1 aliphatic rings. The van der Waals surface area contributed by atoms with Gasteiger partial charge in [-0.05, 0) is 93.6 Å². The number of halogens is 1. The molecule has 0 atom stereocenters. The van der Waals surface area contributed by atoms with E-state index in [0.29, 0.717) is 29.1 Å². The Bertz CT molecular complexity index is 1680. The van der Waals surface area contributed by atoms with Gasteiger partial charge in [0.05, 0.1) is 23.1 Å². The van der Waals surface area contributed by atoms with Gasteiger partial charge in [-0.2, -0.15) is 10.2 Å². The number of aryl methyl sites for hydroxylation is 2. The Morgan fingerprint density at radius 2 is 1.14 bits per heavy atom. The molecule has 0 amide bonds. The van der Waals surface area contributed by atoms with E-state index in [1.807, 2.05) is 47.4 Å². The first-order chi connectivity index (χ1) is 23.2. The normalized spacial score (nSPS) is 15.1. The van der Waals surface area contributed by atoms with Crippen LogP contribution in [0.1, 0.15) is 130 Å². The van der Waals surface area contributed by atoms with E-state index in [4.69, 9.17) is 25.9 Å². The fourth-order valence-electron chi connectivity index (χ4n) is 5.31. The summed E-state index contributed by atoms with van der Waals surface area (Å²) in [6.07, 6.45) is 11.7. The Balaban J connectivity index is 0.000000208. The van der Waals surface area contributed by atoms with E-state index in [1.54, 1.807) is 11.8 Å². The summed E-state index contributed by atoms with van der Waals surface area (Å²) >= 11 is 9.13. The summed E-state index contributed by atoms with van der Waals surface area (Å²) in [6.45, 7) is 29.3. The molecule has 0 unspecified atom stereocenters. The van der Waals surface area contributed by atoms with Crippen LogP contribution in [0, 0.1) is 13.8 Å². The summed E-state index contributed by atoms with van der Waals surface area (Å²) in [7, 11) is -0.313. The third-order valence-corrected chi connectivity index (χ3v) is 10.2. The van der Waals surface area contributed by atoms with E-state index in [2.05, 4.69) is 121 Å². The molecular formula is C36H56BClN8O2S2. The van der Waals surface area contributed by atoms with E-state index in [1.165, 1.54) is 17.3 Å². The topological polar surface area (TPSA) is 106 Å². The number of rotatable bonds is 8. The van der Waals surface area contributed by atoms with E-state index < -0.39 is 0 Å². The van der Waals surface area contributed by atoms with Crippen LogP contribution in [0.15, 0.2) is 35.1 Å². The van der Waals surface area contributed by atoms with Gasteiger partial charge in [0, 0.05) is 64.2 Å². The lowest BCUT2D eigenvalue weighted by Gasteiger charge is -2.32. The number of hydrogen-bond acceptors (Lipinski definition) is 10. The average molecular weight is 743 g/mol. The molecule has 0 bridgehead atoms. The fourth-order valence-corrected chi connectivity index (χ4v) is 6.61. The molecule has 0 saturated carbocycles. The second kappa shape index (κ2) is 17.4. The van der Waals surface area contributed by atoms with Crippen molar-refractivity contribution in [3.8, 4) is 11.3 Å². The minimum absolute atomic E-state index is 0.294. The van der Waals surface area contributed by atoms with Gasteiger partial charge in [0.15, 0.2) is 10.3 Å². The van der Waals surface area contributed by atoms with Crippen molar-refractivity contribution in [2.45, 2.75) is 142 Å². The van der Waals surface area contributed by atoms with Crippen LogP contribution < -0.4 is 5.46 Å². The molecule has 274 valence electrons. The van der Waals surface area contributed by atoms with Crippen molar-refractivity contribution in [2.75, 3.05) is 12.5 Å². The van der Waals surface area contributed by atoms with Gasteiger partial charge in [-0.25, -0.2) is 19.9 Å². The molecule has 0 aliphatic carbocycles. The number of nitrogens with zero attached hydrogens (tertiary/aromatic N) is 8. The second-order valence-corrected chi connectivity index (χ2v) is 16.5. The van der Waals surface area contributed by atoms with Gasteiger partial charge in [0.1, 0.15) is 5.15 Å². The monoisotopic (exact) mass is 742 g/mol. The third-order valence-electron chi connectivity index (χ3n) is 8.78. The molecule has 5 rings (SSSR count). The van der Waals surface area contributed by atoms with Crippen LogP contribution in [0.5, 0.6) is 0 Å². The molecule has 0 aromatic carbocycles. The van der Waals surface area contributed by atoms with Gasteiger partial charge in [0.2, 0.25) is 0 Å². The Kier molecular flexibility index (Phi) is 14.6. The zero-order valence-electron chi connectivity index (χ0n) is 32.8. The highest BCUT2D eigenvalue weighted by Gasteiger charge is 2.52. The molecular weight excluding hydrogens is 687 g/mol. The lowest BCUT2D eigenvalue weighted by atomic mass is 9.82. The lowest BCUT2D eigenvalue weighted by Crippen LogP contribution is -2.41. The molecule has 4 aromatic heterocycles. The molecule has 5 heterocycles. The Hall–Kier alpha value is -2.45. The van der Waals surface area contributed by atoms with Crippen LogP contribution in [-0.2, 0) is 9.31 Å². The standard InChI is InChI=1S/C15H22N4S.C12H21BN2O2.C9H13ClN2S/c1-9(2)13-11(5)17-15(20-6)18-14(13)12-7-16-19(8-12)10(3)4;1-9(2)15-8-10(7-14-15)13-16-11(3,4)12(5,6)17-13;1-5(2)7-6(3)11-9(13-4)12-8(7)10/h7-10H,1-6H3;7-9H,1-6H3;5H,1-4H3. The quantitative estimate of drug-likeness (QED) is 0.0751. The van der Waals surface area contributed by atoms with Gasteiger partial charge >= 0.3 is 7.12 Å². The molecule has 0 radical (unpaired) electrons. The molecule has 1 fully saturated rings. The summed E-state index contributed by atoms with van der Waals surface area (Å²) in [5.74, 6) is 0.770. The summed E-state index contributed by atoms with van der Waals surface area (Å²) < 4.78 is 15.8. The summed E-state index contributed by atoms with van der Waals surface area (Å²) in [4.78, 5) is 17.8. The van der Waals surface area contributed by atoms with Crippen LogP contribution in [0.3, 0.4) is 0 Å². The number of hydrogen-bond donors (Lipinski definition) is 0. The van der Waals surface area contributed by atoms with Crippen molar-refractivity contribution >= 4 is 47.7 Å². The Labute approximate surface area is 313 Å². The van der Waals surface area contributed by atoms with Crippen molar-refractivity contribution < 1.29 is 9.31 Å². The van der Waals surface area contributed by atoms with Crippen molar-refractivity contribution in [2.24, 2.45) is 0 Å². The van der Waals surface area contributed by atoms with E-state index in [0.717, 1.165) is 44.0 Å². The van der Waals surface area contributed by atoms with Crippen molar-refractivity contribution in [1.82, 2.24) is 39.5 Å². The maximum Gasteiger partial charge on any atom is 0.498 e. The van der Waals surface area contributed by atoms with Gasteiger partial charge in [-0.15, -0.1) is 0 Å². The molecule has 10 nitrogen and oxygen atoms in total. The van der Waals surface area contributed by atoms with Crippen LogP contribution in [-0.4, -0.2) is 70.3 Å². The molecule has 50 heavy (non-hydrogen) atoms. The third kappa shape index (κ3) is 10.1. The van der Waals surface area contributed by atoms with E-state index in [9.17, 15) is 0 Å². The Morgan fingerprint density at radius 3 is 1.56 bits per heavy atom. The molecule has 14 heteroatoms. The zero-order chi connectivity index (χ0) is 37.7. The highest BCUT2D eigenvalue weighted by Crippen LogP contribution is 2.36. The highest BCUT2D eigenvalue weighted by molar-refractivity contribution is 7.98. The van der Waals surface area contributed by atoms with Crippen molar-refractivity contribution in [3.05, 3.63) is 52.5 Å². The molecule has 0 N–H and O–H groups in total. The van der Waals surface area contributed by atoms with Gasteiger partial charge in [-0.1, -0.05) is 62.8 Å². The number of thioether (sulfide) groups is 2. The predicted octanol–water partition coefficient (Wildman–Crippen LogP) is 9.12. The van der Waals surface area contributed by atoms with Crippen LogP contribution in [0.2, 0.25) is 5.15 Å². The maximum atomic E-state index is 6.04. The van der Waals surface area contributed by atoms with Crippen LogP contribution in [0.25, 0.3) is 11.3 Å². The molecule has 0 spiro atoms. The van der Waals surface area contributed by atoms with Gasteiger partial charge in [-0.3, -0.25) is 9.36 Å². The van der Waals surface area contributed by atoms with Gasteiger partial charge in [0.25, 0.3) is 0 Å². The van der Waals surface area contributed by atoms with Crippen molar-refractivity contribution in [1.29, 1.82) is 0 Å². The van der Waals surface area contributed by atoms with Crippen molar-refractivity contribution in [3.63, 3.8) is 0 Å². The number of aromatic nitrogens is 8. The van der Waals surface area contributed by atoms with Crippen LogP contribution >= 0.6 is 35.1 Å². The summed E-state index contributed by atoms with van der Waals surface area (Å²) in [6, 6.07) is 0.709. The summed E-state index contributed by atoms with van der Waals surface area (Å²) in [5.41, 5.74) is 6.80. The maximum absolute atomic E-state index is 6.04. The minimum Gasteiger partial charge on any atom is -0.399 e. The second-order valence-electron chi connectivity index (χ2n) is 14.6. The molecule has 1 saturated heterocycles. The van der Waals surface area contributed by atoms with E-state index >= 15 is 0 Å². The van der Waals surface area contributed by atoms with Crippen LogP contribution in [0.4, 0.5) is 0 Å². The summed E-state index contributed by atoms with van der Waals surface area (Å²) in [5, 5.41) is 10.9. The lowest BCUT2D eigenvalue weighted by molar-refractivity contribution is 0.00578. The zero-order valence-corrected chi connectivity index (χ0v) is 35.2. The Morgan fingerprint density at radius 1 is 0.680 bits per heavy atom. The van der Waals surface area contributed by atoms with Gasteiger partial charge < -0.3 is 9.31 Å². The fraction of sp³-hybridized carbons (Fsp3) is 0.611. The molecule has 1 aliphatic heterocycles. The highest BCUT2D eigenvalue weighted by atomic mass is 35.5. The SMILES string of the molecule is CC(C)n1cc(B2OC(C)(C)C(C)(C)O2)cn1.CSc1nc(C)c(C(C)C)c(-c2cnn(C(C)C)c2)n1.CSc1nc(C)c(C(C)C)c(Cl)n1. The first-order valence-electron chi connectivity index (χ1n) is 17.2. The minimum atomic E-state index is -0.313.